The molecule has 20 heavy (non-hydrogen) atoms. The Labute approximate surface area is 123 Å². The zero-order chi connectivity index (χ0) is 14.6. The van der Waals surface area contributed by atoms with E-state index in [1.54, 1.807) is 17.8 Å². The van der Waals surface area contributed by atoms with Gasteiger partial charge in [-0.2, -0.15) is 0 Å². The Hall–Kier alpha value is -0.860. The molecule has 1 aliphatic rings. The van der Waals surface area contributed by atoms with Gasteiger partial charge in [0.15, 0.2) is 15.0 Å². The molecule has 0 radical (unpaired) electrons. The van der Waals surface area contributed by atoms with Crippen LogP contribution in [-0.4, -0.2) is 40.4 Å². The van der Waals surface area contributed by atoms with Gasteiger partial charge in [0, 0.05) is 12.3 Å². The Morgan fingerprint density at radius 3 is 2.90 bits per heavy atom. The standard InChI is InChI=1S/C12H20N4O2S2/c1-2-5-16-11(8-13)14-15-12(16)19-6-3-10-4-7-20(17,18)9-10/h2,10H,1,3-9,13H2. The fraction of sp³-hybridized carbons (Fsp3) is 0.667. The Morgan fingerprint density at radius 2 is 2.30 bits per heavy atom. The second kappa shape index (κ2) is 6.73. The van der Waals surface area contributed by atoms with Gasteiger partial charge in [-0.3, -0.25) is 0 Å². The van der Waals surface area contributed by atoms with E-state index < -0.39 is 9.84 Å². The topological polar surface area (TPSA) is 90.9 Å². The van der Waals surface area contributed by atoms with Crippen molar-refractivity contribution >= 4 is 21.6 Å². The first-order valence-corrected chi connectivity index (χ1v) is 9.42. The van der Waals surface area contributed by atoms with E-state index >= 15 is 0 Å². The predicted octanol–water partition coefficient (Wildman–Crippen LogP) is 0.840. The molecular formula is C12H20N4O2S2. The number of nitrogens with zero attached hydrogens (tertiary/aromatic N) is 3. The van der Waals surface area contributed by atoms with Gasteiger partial charge >= 0.3 is 0 Å². The van der Waals surface area contributed by atoms with Crippen LogP contribution in [0.4, 0.5) is 0 Å². The molecule has 1 aromatic rings. The van der Waals surface area contributed by atoms with Gasteiger partial charge in [0.2, 0.25) is 0 Å². The van der Waals surface area contributed by atoms with Crippen LogP contribution >= 0.6 is 11.8 Å². The molecule has 0 spiro atoms. The first-order chi connectivity index (χ1) is 9.55. The number of hydrogen-bond donors (Lipinski definition) is 1. The summed E-state index contributed by atoms with van der Waals surface area (Å²) < 4.78 is 24.7. The monoisotopic (exact) mass is 316 g/mol. The Balaban J connectivity index is 1.88. The quantitative estimate of drug-likeness (QED) is 0.592. The molecule has 1 unspecified atom stereocenters. The lowest BCUT2D eigenvalue weighted by atomic mass is 10.1. The Bertz CT molecular complexity index is 568. The number of allylic oxidation sites excluding steroid dienone is 1. The minimum Gasteiger partial charge on any atom is -0.324 e. The van der Waals surface area contributed by atoms with Crippen molar-refractivity contribution in [2.24, 2.45) is 11.7 Å². The molecule has 0 saturated carbocycles. The highest BCUT2D eigenvalue weighted by Crippen LogP contribution is 2.25. The molecule has 1 saturated heterocycles. The first kappa shape index (κ1) is 15.5. The molecule has 112 valence electrons. The molecule has 0 aliphatic carbocycles. The maximum absolute atomic E-state index is 11.4. The van der Waals surface area contributed by atoms with E-state index in [-0.39, 0.29) is 5.92 Å². The zero-order valence-electron chi connectivity index (χ0n) is 11.4. The fourth-order valence-electron chi connectivity index (χ4n) is 2.31. The number of aromatic nitrogens is 3. The maximum atomic E-state index is 11.4. The van der Waals surface area contributed by atoms with Crippen molar-refractivity contribution in [2.45, 2.75) is 31.1 Å². The van der Waals surface area contributed by atoms with Crippen molar-refractivity contribution in [1.82, 2.24) is 14.8 Å². The number of hydrogen-bond acceptors (Lipinski definition) is 6. The molecule has 2 N–H and O–H groups in total. The summed E-state index contributed by atoms with van der Waals surface area (Å²) >= 11 is 1.60. The van der Waals surface area contributed by atoms with E-state index in [0.717, 1.165) is 29.6 Å². The molecule has 2 rings (SSSR count). The second-order valence-corrected chi connectivity index (χ2v) is 8.20. The van der Waals surface area contributed by atoms with Crippen molar-refractivity contribution in [3.8, 4) is 0 Å². The van der Waals surface area contributed by atoms with E-state index in [1.807, 2.05) is 4.57 Å². The SMILES string of the molecule is C=CCn1c(CN)nnc1SCCC1CCS(=O)(=O)C1. The van der Waals surface area contributed by atoms with Crippen LogP contribution in [0.25, 0.3) is 0 Å². The first-order valence-electron chi connectivity index (χ1n) is 6.62. The van der Waals surface area contributed by atoms with Crippen LogP contribution in [0.15, 0.2) is 17.8 Å². The van der Waals surface area contributed by atoms with Crippen molar-refractivity contribution < 1.29 is 8.42 Å². The van der Waals surface area contributed by atoms with Crippen LogP contribution in [0.3, 0.4) is 0 Å². The van der Waals surface area contributed by atoms with E-state index in [2.05, 4.69) is 16.8 Å². The van der Waals surface area contributed by atoms with Crippen molar-refractivity contribution in [1.29, 1.82) is 0 Å². The molecular weight excluding hydrogens is 296 g/mol. The average Bonchev–Trinajstić information content (AvgIpc) is 2.94. The predicted molar refractivity (Wildman–Crippen MR) is 80.2 cm³/mol. The average molecular weight is 316 g/mol. The molecule has 1 aliphatic heterocycles. The van der Waals surface area contributed by atoms with Crippen LogP contribution in [0.2, 0.25) is 0 Å². The molecule has 1 fully saturated rings. The molecule has 0 aromatic carbocycles. The smallest absolute Gasteiger partial charge is 0.191 e. The Kier molecular flexibility index (Phi) is 5.22. The van der Waals surface area contributed by atoms with Gasteiger partial charge in [-0.25, -0.2) is 8.42 Å². The molecule has 0 amide bonds. The second-order valence-electron chi connectivity index (χ2n) is 4.91. The van der Waals surface area contributed by atoms with E-state index in [9.17, 15) is 8.42 Å². The highest BCUT2D eigenvalue weighted by molar-refractivity contribution is 7.99. The van der Waals surface area contributed by atoms with Crippen LogP contribution in [0.1, 0.15) is 18.7 Å². The van der Waals surface area contributed by atoms with Crippen molar-refractivity contribution in [3.05, 3.63) is 18.5 Å². The normalized spacial score (nSPS) is 21.1. The molecule has 1 aromatic heterocycles. The maximum Gasteiger partial charge on any atom is 0.191 e. The summed E-state index contributed by atoms with van der Waals surface area (Å²) in [4.78, 5) is 0. The Morgan fingerprint density at radius 1 is 1.50 bits per heavy atom. The van der Waals surface area contributed by atoms with Crippen LogP contribution < -0.4 is 5.73 Å². The van der Waals surface area contributed by atoms with Crippen LogP contribution in [0.5, 0.6) is 0 Å². The third kappa shape index (κ3) is 3.83. The number of nitrogens with two attached hydrogens (primary N) is 1. The zero-order valence-corrected chi connectivity index (χ0v) is 13.0. The highest BCUT2D eigenvalue weighted by atomic mass is 32.2. The van der Waals surface area contributed by atoms with Crippen molar-refractivity contribution in [2.75, 3.05) is 17.3 Å². The third-order valence-electron chi connectivity index (χ3n) is 3.37. The van der Waals surface area contributed by atoms with Gasteiger partial charge < -0.3 is 10.3 Å². The van der Waals surface area contributed by atoms with Gasteiger partial charge in [0.25, 0.3) is 0 Å². The van der Waals surface area contributed by atoms with Gasteiger partial charge in [-0.1, -0.05) is 17.8 Å². The molecule has 6 nitrogen and oxygen atoms in total. The lowest BCUT2D eigenvalue weighted by Gasteiger charge is -2.08. The minimum absolute atomic E-state index is 0.289. The summed E-state index contributed by atoms with van der Waals surface area (Å²) in [7, 11) is -2.78. The lowest BCUT2D eigenvalue weighted by molar-refractivity contribution is 0.573. The third-order valence-corrected chi connectivity index (χ3v) is 6.21. The van der Waals surface area contributed by atoms with Gasteiger partial charge in [-0.05, 0) is 18.8 Å². The molecule has 8 heteroatoms. The fourth-order valence-corrected chi connectivity index (χ4v) is 5.28. The number of thioether (sulfide) groups is 1. The van der Waals surface area contributed by atoms with Crippen LogP contribution in [-0.2, 0) is 22.9 Å². The van der Waals surface area contributed by atoms with Gasteiger partial charge in [-0.15, -0.1) is 16.8 Å². The summed E-state index contributed by atoms with van der Waals surface area (Å²) in [5, 5.41) is 9.00. The number of rotatable bonds is 7. The van der Waals surface area contributed by atoms with E-state index in [0.29, 0.717) is 24.6 Å². The summed E-state index contributed by atoms with van der Waals surface area (Å²) in [6, 6.07) is 0. The van der Waals surface area contributed by atoms with Crippen molar-refractivity contribution in [3.63, 3.8) is 0 Å². The summed E-state index contributed by atoms with van der Waals surface area (Å²) in [5.41, 5.74) is 5.62. The van der Waals surface area contributed by atoms with E-state index in [1.165, 1.54) is 0 Å². The van der Waals surface area contributed by atoms with E-state index in [4.69, 9.17) is 5.73 Å². The van der Waals surface area contributed by atoms with Crippen LogP contribution in [0, 0.1) is 5.92 Å². The molecule has 2 heterocycles. The van der Waals surface area contributed by atoms with Gasteiger partial charge in [0.1, 0.15) is 5.82 Å². The van der Waals surface area contributed by atoms with Gasteiger partial charge in [0.05, 0.1) is 18.1 Å². The highest BCUT2D eigenvalue weighted by Gasteiger charge is 2.27. The summed E-state index contributed by atoms with van der Waals surface area (Å²) in [5.74, 6) is 2.56. The molecule has 0 bridgehead atoms. The summed E-state index contributed by atoms with van der Waals surface area (Å²) in [6.45, 7) is 4.71. The summed E-state index contributed by atoms with van der Waals surface area (Å²) in [6.07, 6.45) is 3.47. The minimum atomic E-state index is -2.78. The lowest BCUT2D eigenvalue weighted by Crippen LogP contribution is -2.09. The molecule has 1 atom stereocenters. The number of sulfone groups is 1. The largest absolute Gasteiger partial charge is 0.324 e.